The number of carbonyl (C=O) groups excluding carboxylic acids is 1. The van der Waals surface area contributed by atoms with Crippen molar-refractivity contribution in [3.8, 4) is 0 Å². The van der Waals surface area contributed by atoms with Crippen LogP contribution in [0.15, 0.2) is 12.1 Å². The fourth-order valence-corrected chi connectivity index (χ4v) is 1.28. The van der Waals surface area contributed by atoms with E-state index in [0.29, 0.717) is 0 Å². The highest BCUT2D eigenvalue weighted by Crippen LogP contribution is 2.25. The molecule has 0 atom stereocenters. The van der Waals surface area contributed by atoms with Gasteiger partial charge in [0.05, 0.1) is 0 Å². The molecule has 0 radical (unpaired) electrons. The van der Waals surface area contributed by atoms with Gasteiger partial charge in [-0.25, -0.2) is 10.2 Å². The number of amides is 1. The lowest BCUT2D eigenvalue weighted by Gasteiger charge is -2.14. The number of nitrogens with zero attached hydrogens (tertiary/aromatic N) is 1. The summed E-state index contributed by atoms with van der Waals surface area (Å²) in [5, 5.41) is 0. The minimum atomic E-state index is -1.60. The van der Waals surface area contributed by atoms with Crippen LogP contribution in [0.2, 0.25) is 0 Å². The summed E-state index contributed by atoms with van der Waals surface area (Å²) in [6.07, 6.45) is -0.672. The lowest BCUT2D eigenvalue weighted by atomic mass is 10.5. The van der Waals surface area contributed by atoms with E-state index in [9.17, 15) is 4.79 Å². The molecule has 0 bridgehead atoms. The zero-order chi connectivity index (χ0) is 12.3. The molecule has 0 aromatic carbocycles. The smallest absolute Gasteiger partial charge is 0.426 e. The molecule has 0 aliphatic carbocycles. The van der Waals surface area contributed by atoms with E-state index < -0.39 is 9.89 Å². The van der Waals surface area contributed by atoms with E-state index >= 15 is 0 Å². The number of nitrogens with one attached hydrogen (secondary N) is 1. The Kier molecular flexibility index (Phi) is 4.35. The number of aryl methyl sites for hydroxylation is 2. The van der Waals surface area contributed by atoms with E-state index in [1.807, 2.05) is 26.0 Å². The van der Waals surface area contributed by atoms with Gasteiger partial charge in [0, 0.05) is 11.4 Å². The van der Waals surface area contributed by atoms with Gasteiger partial charge in [-0.15, -0.1) is 0 Å². The van der Waals surface area contributed by atoms with Gasteiger partial charge in [0.1, 0.15) is 6.61 Å². The Morgan fingerprint density at radius 3 is 2.31 bits per heavy atom. The molecule has 1 rings (SSSR count). The molecule has 1 aromatic rings. The lowest BCUT2D eigenvalue weighted by molar-refractivity contribution is 0.160. The third kappa shape index (κ3) is 4.12. The summed E-state index contributed by atoms with van der Waals surface area (Å²) in [5.74, 6) is 0. The molecule has 0 aliphatic rings. The first-order valence-corrected chi connectivity index (χ1v) is 5.58. The van der Waals surface area contributed by atoms with Gasteiger partial charge in [0.25, 0.3) is 0 Å². The first-order chi connectivity index (χ1) is 7.29. The molecule has 1 heterocycles. The van der Waals surface area contributed by atoms with Crippen molar-refractivity contribution in [3.63, 3.8) is 0 Å². The number of hydrogen-bond donors (Lipinski definition) is 1. The highest BCUT2D eigenvalue weighted by atomic mass is 35.6. The molecule has 0 fully saturated rings. The van der Waals surface area contributed by atoms with Crippen molar-refractivity contribution in [2.24, 2.45) is 0 Å². The van der Waals surface area contributed by atoms with Crippen LogP contribution in [-0.4, -0.2) is 21.2 Å². The van der Waals surface area contributed by atoms with Crippen molar-refractivity contribution in [2.45, 2.75) is 17.6 Å². The second-order valence-corrected chi connectivity index (χ2v) is 5.77. The fraction of sp³-hybridized carbons (Fsp3) is 0.444. The van der Waals surface area contributed by atoms with E-state index in [1.165, 1.54) is 0 Å². The van der Waals surface area contributed by atoms with Crippen LogP contribution in [0.5, 0.6) is 0 Å². The van der Waals surface area contributed by atoms with Crippen molar-refractivity contribution in [3.05, 3.63) is 23.5 Å². The van der Waals surface area contributed by atoms with Crippen LogP contribution in [0.1, 0.15) is 11.4 Å². The molecular formula is C9H11Cl3N2O2. The Morgan fingerprint density at radius 2 is 1.88 bits per heavy atom. The molecule has 90 valence electrons. The molecule has 7 heteroatoms. The molecule has 0 aliphatic heterocycles. The number of aromatic nitrogens is 1. The maximum absolute atomic E-state index is 11.3. The van der Waals surface area contributed by atoms with E-state index in [0.717, 1.165) is 11.4 Å². The molecule has 1 N–H and O–H groups in total. The lowest BCUT2D eigenvalue weighted by Crippen LogP contribution is -2.28. The summed E-state index contributed by atoms with van der Waals surface area (Å²) in [6, 6.07) is 3.73. The Hall–Kier alpha value is -0.580. The maximum atomic E-state index is 11.3. The van der Waals surface area contributed by atoms with E-state index in [1.54, 1.807) is 4.68 Å². The predicted molar refractivity (Wildman–Crippen MR) is 64.9 cm³/mol. The molecule has 1 amide bonds. The van der Waals surface area contributed by atoms with Crippen LogP contribution < -0.4 is 5.43 Å². The standard InChI is InChI=1S/C9H11Cl3N2O2/c1-6-3-4-7(2)14(6)13-8(15)16-5-9(10,11)12/h3-4H,5H2,1-2H3,(H,13,15). The average molecular weight is 286 g/mol. The first kappa shape index (κ1) is 13.5. The number of rotatable bonds is 2. The largest absolute Gasteiger partial charge is 0.444 e. The topological polar surface area (TPSA) is 43.3 Å². The maximum Gasteiger partial charge on any atom is 0.426 e. The van der Waals surface area contributed by atoms with Crippen LogP contribution in [0.4, 0.5) is 4.79 Å². The molecule has 16 heavy (non-hydrogen) atoms. The van der Waals surface area contributed by atoms with Gasteiger partial charge < -0.3 is 4.74 Å². The Morgan fingerprint density at radius 1 is 1.38 bits per heavy atom. The number of hydrogen-bond acceptors (Lipinski definition) is 2. The third-order valence-electron chi connectivity index (χ3n) is 1.84. The Bertz CT molecular complexity index is 365. The monoisotopic (exact) mass is 284 g/mol. The SMILES string of the molecule is Cc1ccc(C)n1NC(=O)OCC(Cl)(Cl)Cl. The second kappa shape index (κ2) is 5.17. The molecule has 0 unspecified atom stereocenters. The molecule has 0 saturated heterocycles. The van der Waals surface area contributed by atoms with Crippen LogP contribution in [-0.2, 0) is 4.74 Å². The van der Waals surface area contributed by atoms with Gasteiger partial charge in [-0.05, 0) is 26.0 Å². The molecule has 4 nitrogen and oxygen atoms in total. The van der Waals surface area contributed by atoms with Gasteiger partial charge in [0.15, 0.2) is 0 Å². The Labute approximate surface area is 108 Å². The van der Waals surface area contributed by atoms with E-state index in [2.05, 4.69) is 5.43 Å². The highest BCUT2D eigenvalue weighted by Gasteiger charge is 2.22. The van der Waals surface area contributed by atoms with Gasteiger partial charge in [-0.2, -0.15) is 0 Å². The fourth-order valence-electron chi connectivity index (χ4n) is 1.12. The molecule has 0 spiro atoms. The quantitative estimate of drug-likeness (QED) is 0.848. The zero-order valence-electron chi connectivity index (χ0n) is 8.76. The normalized spacial score (nSPS) is 11.3. The summed E-state index contributed by atoms with van der Waals surface area (Å²) in [5.41, 5.74) is 4.27. The van der Waals surface area contributed by atoms with Crippen molar-refractivity contribution < 1.29 is 9.53 Å². The van der Waals surface area contributed by atoms with Crippen molar-refractivity contribution >= 4 is 40.9 Å². The minimum absolute atomic E-state index is 0.303. The van der Waals surface area contributed by atoms with Crippen LogP contribution in [0.25, 0.3) is 0 Å². The third-order valence-corrected chi connectivity index (χ3v) is 2.17. The van der Waals surface area contributed by atoms with Gasteiger partial charge >= 0.3 is 6.09 Å². The number of ether oxygens (including phenoxy) is 1. The number of alkyl halides is 3. The van der Waals surface area contributed by atoms with Gasteiger partial charge in [-0.1, -0.05) is 34.8 Å². The van der Waals surface area contributed by atoms with E-state index in [-0.39, 0.29) is 6.61 Å². The summed E-state index contributed by atoms with van der Waals surface area (Å²) in [7, 11) is 0. The van der Waals surface area contributed by atoms with E-state index in [4.69, 9.17) is 39.5 Å². The van der Waals surface area contributed by atoms with Crippen LogP contribution in [0.3, 0.4) is 0 Å². The number of carbonyl (C=O) groups is 1. The van der Waals surface area contributed by atoms with Gasteiger partial charge in [0.2, 0.25) is 3.79 Å². The van der Waals surface area contributed by atoms with Crippen LogP contribution >= 0.6 is 34.8 Å². The molecular weight excluding hydrogens is 274 g/mol. The average Bonchev–Trinajstić information content (AvgIpc) is 2.45. The molecule has 1 aromatic heterocycles. The predicted octanol–water partition coefficient (Wildman–Crippen LogP) is 3.16. The van der Waals surface area contributed by atoms with Crippen molar-refractivity contribution in [1.82, 2.24) is 4.68 Å². The molecule has 0 saturated carbocycles. The first-order valence-electron chi connectivity index (χ1n) is 4.45. The van der Waals surface area contributed by atoms with Crippen molar-refractivity contribution in [2.75, 3.05) is 12.0 Å². The highest BCUT2D eigenvalue weighted by molar-refractivity contribution is 6.67. The van der Waals surface area contributed by atoms with Crippen molar-refractivity contribution in [1.29, 1.82) is 0 Å². The summed E-state index contributed by atoms with van der Waals surface area (Å²) >= 11 is 16.3. The number of halogens is 3. The Balaban J connectivity index is 2.53. The minimum Gasteiger partial charge on any atom is -0.444 e. The summed E-state index contributed by atoms with van der Waals surface area (Å²) < 4.78 is 4.71. The summed E-state index contributed by atoms with van der Waals surface area (Å²) in [4.78, 5) is 11.3. The zero-order valence-corrected chi connectivity index (χ0v) is 11.0. The summed E-state index contributed by atoms with van der Waals surface area (Å²) in [6.45, 7) is 3.40. The van der Waals surface area contributed by atoms with Crippen LogP contribution in [0, 0.1) is 13.8 Å². The second-order valence-electron chi connectivity index (χ2n) is 3.25. The van der Waals surface area contributed by atoms with Gasteiger partial charge in [-0.3, -0.25) is 4.68 Å².